The third kappa shape index (κ3) is 3.42. The molecule has 0 aliphatic rings. The number of benzene rings is 1. The Balaban J connectivity index is 3.16. The zero-order valence-electron chi connectivity index (χ0n) is 9.33. The van der Waals surface area contributed by atoms with Gasteiger partial charge in [0.2, 0.25) is 10.0 Å². The highest BCUT2D eigenvalue weighted by Gasteiger charge is 2.16. The van der Waals surface area contributed by atoms with E-state index < -0.39 is 21.7 Å². The van der Waals surface area contributed by atoms with Crippen LogP contribution in [0.25, 0.3) is 0 Å². The van der Waals surface area contributed by atoms with Gasteiger partial charge < -0.3 is 5.73 Å². The topological polar surface area (TPSA) is 96.0 Å². The van der Waals surface area contributed by atoms with E-state index in [0.29, 0.717) is 6.42 Å². The SMILES string of the molecule is CCCS(=O)(=O)Nc1cccc(F)c1C(=N)N. The molecule has 4 N–H and O–H groups in total. The van der Waals surface area contributed by atoms with Crippen molar-refractivity contribution in [3.05, 3.63) is 29.6 Å². The maximum atomic E-state index is 13.4. The van der Waals surface area contributed by atoms with Gasteiger partial charge in [0, 0.05) is 0 Å². The molecule has 17 heavy (non-hydrogen) atoms. The Bertz CT molecular complexity index is 528. The lowest BCUT2D eigenvalue weighted by molar-refractivity contribution is 0.599. The molecule has 0 aliphatic heterocycles. The molecule has 0 heterocycles. The lowest BCUT2D eigenvalue weighted by Crippen LogP contribution is -2.21. The number of nitrogens with two attached hydrogens (primary N) is 1. The molecule has 0 fully saturated rings. The van der Waals surface area contributed by atoms with Crippen molar-refractivity contribution < 1.29 is 12.8 Å². The largest absolute Gasteiger partial charge is 0.384 e. The minimum absolute atomic E-state index is 0.00838. The number of anilines is 1. The molecule has 0 atom stereocenters. The van der Waals surface area contributed by atoms with Gasteiger partial charge in [-0.05, 0) is 18.6 Å². The summed E-state index contributed by atoms with van der Waals surface area (Å²) in [5.74, 6) is -1.31. The van der Waals surface area contributed by atoms with E-state index in [1.165, 1.54) is 12.1 Å². The highest BCUT2D eigenvalue weighted by Crippen LogP contribution is 2.19. The summed E-state index contributed by atoms with van der Waals surface area (Å²) in [6.07, 6.45) is 0.444. The van der Waals surface area contributed by atoms with Crippen molar-refractivity contribution in [2.45, 2.75) is 13.3 Å². The normalized spacial score (nSPS) is 11.2. The first kappa shape index (κ1) is 13.4. The van der Waals surface area contributed by atoms with Gasteiger partial charge in [0.05, 0.1) is 17.0 Å². The smallest absolute Gasteiger partial charge is 0.232 e. The molecule has 0 radical (unpaired) electrons. The summed E-state index contributed by atoms with van der Waals surface area (Å²) in [4.78, 5) is 0. The van der Waals surface area contributed by atoms with Crippen LogP contribution in [0.3, 0.4) is 0 Å². The lowest BCUT2D eigenvalue weighted by Gasteiger charge is -2.11. The van der Waals surface area contributed by atoms with Crippen molar-refractivity contribution in [1.82, 2.24) is 0 Å². The van der Waals surface area contributed by atoms with E-state index in [0.717, 1.165) is 6.07 Å². The van der Waals surface area contributed by atoms with E-state index in [2.05, 4.69) is 4.72 Å². The second-order valence-electron chi connectivity index (χ2n) is 3.50. The standard InChI is InChI=1S/C10H14FN3O2S/c1-2-6-17(15,16)14-8-5-3-4-7(11)9(8)10(12)13/h3-5,14H,2,6H2,1H3,(H3,12,13). The summed E-state index contributed by atoms with van der Waals surface area (Å²) in [6.45, 7) is 1.72. The van der Waals surface area contributed by atoms with Crippen molar-refractivity contribution in [2.24, 2.45) is 5.73 Å². The van der Waals surface area contributed by atoms with Crippen molar-refractivity contribution in [1.29, 1.82) is 5.41 Å². The number of sulfonamides is 1. The van der Waals surface area contributed by atoms with Gasteiger partial charge in [-0.3, -0.25) is 10.1 Å². The van der Waals surface area contributed by atoms with E-state index in [9.17, 15) is 12.8 Å². The quantitative estimate of drug-likeness (QED) is 0.548. The Hall–Kier alpha value is -1.63. The van der Waals surface area contributed by atoms with Crippen LogP contribution in [0.2, 0.25) is 0 Å². The molecule has 7 heteroatoms. The molecular formula is C10H14FN3O2S. The third-order valence-electron chi connectivity index (χ3n) is 2.02. The summed E-state index contributed by atoms with van der Waals surface area (Å²) < 4.78 is 38.7. The zero-order chi connectivity index (χ0) is 13.1. The number of hydrogen-bond donors (Lipinski definition) is 3. The molecule has 0 unspecified atom stereocenters. The fraction of sp³-hybridized carbons (Fsp3) is 0.300. The number of nitrogens with one attached hydrogen (secondary N) is 2. The molecule has 94 valence electrons. The second kappa shape index (κ2) is 5.13. The second-order valence-corrected chi connectivity index (χ2v) is 5.34. The van der Waals surface area contributed by atoms with E-state index >= 15 is 0 Å². The van der Waals surface area contributed by atoms with Crippen LogP contribution in [-0.2, 0) is 10.0 Å². The molecule has 1 rings (SSSR count). The van der Waals surface area contributed by atoms with Gasteiger partial charge in [-0.1, -0.05) is 13.0 Å². The number of nitrogen functional groups attached to an aromatic ring is 1. The van der Waals surface area contributed by atoms with Crippen LogP contribution in [0, 0.1) is 11.2 Å². The van der Waals surface area contributed by atoms with Crippen molar-refractivity contribution in [3.63, 3.8) is 0 Å². The van der Waals surface area contributed by atoms with Crippen LogP contribution >= 0.6 is 0 Å². The van der Waals surface area contributed by atoms with Gasteiger partial charge in [0.25, 0.3) is 0 Å². The maximum absolute atomic E-state index is 13.4. The predicted molar refractivity (Wildman–Crippen MR) is 65.1 cm³/mol. The molecule has 0 bridgehead atoms. The minimum atomic E-state index is -3.53. The van der Waals surface area contributed by atoms with Gasteiger partial charge in [-0.15, -0.1) is 0 Å². The number of halogens is 1. The zero-order valence-corrected chi connectivity index (χ0v) is 10.1. The van der Waals surface area contributed by atoms with Crippen molar-refractivity contribution in [2.75, 3.05) is 10.5 Å². The Morgan fingerprint density at radius 2 is 2.18 bits per heavy atom. The average molecular weight is 259 g/mol. The van der Waals surface area contributed by atoms with Gasteiger partial charge in [-0.2, -0.15) is 0 Å². The van der Waals surface area contributed by atoms with Crippen molar-refractivity contribution in [3.8, 4) is 0 Å². The summed E-state index contributed by atoms with van der Waals surface area (Å²) in [6, 6.07) is 3.84. The van der Waals surface area contributed by atoms with E-state index in [4.69, 9.17) is 11.1 Å². The molecule has 0 saturated carbocycles. The number of amidine groups is 1. The molecule has 1 aromatic carbocycles. The summed E-state index contributed by atoms with van der Waals surface area (Å²) >= 11 is 0. The molecular weight excluding hydrogens is 245 g/mol. The van der Waals surface area contributed by atoms with Crippen LogP contribution in [0.1, 0.15) is 18.9 Å². The molecule has 0 aliphatic carbocycles. The first-order valence-electron chi connectivity index (χ1n) is 5.00. The Labute approximate surface area is 99.4 Å². The molecule has 0 aromatic heterocycles. The first-order valence-corrected chi connectivity index (χ1v) is 6.66. The van der Waals surface area contributed by atoms with Gasteiger partial charge in [-0.25, -0.2) is 12.8 Å². The summed E-state index contributed by atoms with van der Waals surface area (Å²) in [5.41, 5.74) is 4.98. The van der Waals surface area contributed by atoms with E-state index in [1.807, 2.05) is 0 Å². The Morgan fingerprint density at radius 1 is 1.53 bits per heavy atom. The summed E-state index contributed by atoms with van der Waals surface area (Å²) in [5, 5.41) is 7.23. The van der Waals surface area contributed by atoms with Gasteiger partial charge in [0.15, 0.2) is 0 Å². The molecule has 5 nitrogen and oxygen atoms in total. The van der Waals surface area contributed by atoms with Crippen LogP contribution in [0.4, 0.5) is 10.1 Å². The first-order chi connectivity index (χ1) is 7.87. The minimum Gasteiger partial charge on any atom is -0.384 e. The average Bonchev–Trinajstić information content (AvgIpc) is 2.15. The number of rotatable bonds is 5. The van der Waals surface area contributed by atoms with E-state index in [1.54, 1.807) is 6.92 Å². The molecule has 1 aromatic rings. The fourth-order valence-corrected chi connectivity index (χ4v) is 2.51. The monoisotopic (exact) mass is 259 g/mol. The van der Waals surface area contributed by atoms with Crippen LogP contribution in [0.15, 0.2) is 18.2 Å². The highest BCUT2D eigenvalue weighted by atomic mass is 32.2. The third-order valence-corrected chi connectivity index (χ3v) is 3.50. The lowest BCUT2D eigenvalue weighted by atomic mass is 10.1. The molecule has 0 saturated heterocycles. The van der Waals surface area contributed by atoms with Gasteiger partial charge in [0.1, 0.15) is 11.7 Å². The molecule has 0 spiro atoms. The summed E-state index contributed by atoms with van der Waals surface area (Å²) in [7, 11) is -3.53. The van der Waals surface area contributed by atoms with Crippen LogP contribution in [0.5, 0.6) is 0 Å². The fourth-order valence-electron chi connectivity index (χ4n) is 1.37. The van der Waals surface area contributed by atoms with Gasteiger partial charge >= 0.3 is 0 Å². The maximum Gasteiger partial charge on any atom is 0.232 e. The molecule has 0 amide bonds. The predicted octanol–water partition coefficient (Wildman–Crippen LogP) is 1.26. The Morgan fingerprint density at radius 3 is 2.71 bits per heavy atom. The highest BCUT2D eigenvalue weighted by molar-refractivity contribution is 7.92. The van der Waals surface area contributed by atoms with Crippen LogP contribution in [-0.4, -0.2) is 20.0 Å². The van der Waals surface area contributed by atoms with E-state index in [-0.39, 0.29) is 17.0 Å². The van der Waals surface area contributed by atoms with Crippen LogP contribution < -0.4 is 10.5 Å². The van der Waals surface area contributed by atoms with Crippen molar-refractivity contribution >= 4 is 21.5 Å². The Kier molecular flexibility index (Phi) is 4.06. The number of hydrogen-bond acceptors (Lipinski definition) is 3.